The lowest BCUT2D eigenvalue weighted by Gasteiger charge is -2.30. The third-order valence-corrected chi connectivity index (χ3v) is 6.75. The average Bonchev–Trinajstić information content (AvgIpc) is 3.65. The molecule has 6 rings (SSSR count). The van der Waals surface area contributed by atoms with E-state index < -0.39 is 18.1 Å². The molecule has 0 amide bonds. The summed E-state index contributed by atoms with van der Waals surface area (Å²) in [4.78, 5) is 2.52. The molecule has 4 heterocycles. The molecule has 0 atom stereocenters. The molecule has 4 aromatic rings. The Balaban J connectivity index is 1.15. The van der Waals surface area contributed by atoms with Crippen LogP contribution in [-0.4, -0.2) is 49.3 Å². The van der Waals surface area contributed by atoms with Crippen LogP contribution in [0.25, 0.3) is 22.7 Å². The molecule has 11 heteroatoms. The van der Waals surface area contributed by atoms with Gasteiger partial charge in [0.1, 0.15) is 11.5 Å². The number of alkyl halides is 2. The second kappa shape index (κ2) is 9.47. The standard InChI is InChI=1S/C25H23F3N6O2/c26-21-10-16(24-30-31-25(36-24)23(27)28)2-4-18(21)13-34-14-22(29-32-34)15-1-3-17-11-33(12-19(17)9-15)20-5-7-35-8-6-20/h1-4,9-10,14,20,23H,5-8,11-13H2. The van der Waals surface area contributed by atoms with Gasteiger partial charge in [0.25, 0.3) is 5.89 Å². The Morgan fingerprint density at radius 1 is 0.944 bits per heavy atom. The van der Waals surface area contributed by atoms with Crippen molar-refractivity contribution in [3.05, 3.63) is 71.0 Å². The number of hydrogen-bond donors (Lipinski definition) is 0. The smallest absolute Gasteiger partial charge is 0.314 e. The van der Waals surface area contributed by atoms with E-state index in [4.69, 9.17) is 9.15 Å². The maximum atomic E-state index is 14.7. The van der Waals surface area contributed by atoms with Gasteiger partial charge in [-0.3, -0.25) is 4.90 Å². The SMILES string of the molecule is Fc1cc(-c2nnc(C(F)F)o2)ccc1Cn1cc(-c2ccc3c(c2)CN(C2CCOCC2)C3)nn1. The zero-order valence-corrected chi connectivity index (χ0v) is 19.3. The normalized spacial score (nSPS) is 16.7. The monoisotopic (exact) mass is 496 g/mol. The Bertz CT molecular complexity index is 1380. The van der Waals surface area contributed by atoms with Crippen LogP contribution in [0.5, 0.6) is 0 Å². The molecule has 0 radical (unpaired) electrons. The fraction of sp³-hybridized carbons (Fsp3) is 0.360. The molecular formula is C25H23F3N6O2. The first-order chi connectivity index (χ1) is 17.5. The van der Waals surface area contributed by atoms with Crippen LogP contribution in [-0.2, 0) is 24.4 Å². The van der Waals surface area contributed by atoms with Crippen LogP contribution in [0.2, 0.25) is 0 Å². The van der Waals surface area contributed by atoms with Crippen LogP contribution in [0.3, 0.4) is 0 Å². The molecule has 0 N–H and O–H groups in total. The average molecular weight is 496 g/mol. The molecule has 1 saturated heterocycles. The van der Waals surface area contributed by atoms with Gasteiger partial charge in [-0.2, -0.15) is 8.78 Å². The summed E-state index contributed by atoms with van der Waals surface area (Å²) in [6.07, 6.45) is 1.04. The Labute approximate surface area is 204 Å². The van der Waals surface area contributed by atoms with E-state index in [0.29, 0.717) is 17.3 Å². The van der Waals surface area contributed by atoms with Crippen molar-refractivity contribution < 1.29 is 22.3 Å². The summed E-state index contributed by atoms with van der Waals surface area (Å²) in [5.41, 5.74) is 4.90. The molecule has 8 nitrogen and oxygen atoms in total. The minimum absolute atomic E-state index is 0.160. The Hall–Kier alpha value is -3.57. The summed E-state index contributed by atoms with van der Waals surface area (Å²) in [6.45, 7) is 3.68. The van der Waals surface area contributed by atoms with Gasteiger partial charge in [-0.15, -0.1) is 15.3 Å². The highest BCUT2D eigenvalue weighted by Gasteiger charge is 2.27. The molecule has 1 fully saturated rings. The van der Waals surface area contributed by atoms with Gasteiger partial charge in [0, 0.05) is 49.0 Å². The molecule has 0 spiro atoms. The number of ether oxygens (including phenoxy) is 1. The lowest BCUT2D eigenvalue weighted by molar-refractivity contribution is 0.0326. The quantitative estimate of drug-likeness (QED) is 0.385. The highest BCUT2D eigenvalue weighted by Crippen LogP contribution is 2.31. The molecule has 0 aliphatic carbocycles. The molecule has 0 saturated carbocycles. The van der Waals surface area contributed by atoms with Crippen LogP contribution < -0.4 is 0 Å². The van der Waals surface area contributed by atoms with Crippen molar-refractivity contribution in [2.75, 3.05) is 13.2 Å². The van der Waals surface area contributed by atoms with Crippen LogP contribution >= 0.6 is 0 Å². The van der Waals surface area contributed by atoms with Crippen molar-refractivity contribution in [3.63, 3.8) is 0 Å². The second-order valence-electron chi connectivity index (χ2n) is 9.09. The van der Waals surface area contributed by atoms with Crippen LogP contribution in [0.4, 0.5) is 13.2 Å². The summed E-state index contributed by atoms with van der Waals surface area (Å²) >= 11 is 0. The maximum Gasteiger partial charge on any atom is 0.314 e. The zero-order valence-electron chi connectivity index (χ0n) is 19.3. The number of fused-ring (bicyclic) bond motifs is 1. The predicted octanol–water partition coefficient (Wildman–Crippen LogP) is 4.61. The number of hydrogen-bond acceptors (Lipinski definition) is 7. The topological polar surface area (TPSA) is 82.1 Å². The fourth-order valence-electron chi connectivity index (χ4n) is 4.82. The van der Waals surface area contributed by atoms with Gasteiger partial charge in [-0.05, 0) is 42.2 Å². The van der Waals surface area contributed by atoms with Gasteiger partial charge in [0.15, 0.2) is 0 Å². The molecule has 186 valence electrons. The fourth-order valence-corrected chi connectivity index (χ4v) is 4.82. The van der Waals surface area contributed by atoms with E-state index in [2.05, 4.69) is 37.5 Å². The van der Waals surface area contributed by atoms with Crippen molar-refractivity contribution in [1.82, 2.24) is 30.1 Å². The van der Waals surface area contributed by atoms with E-state index in [-0.39, 0.29) is 18.0 Å². The van der Waals surface area contributed by atoms with Crippen molar-refractivity contribution in [2.45, 2.75) is 44.9 Å². The van der Waals surface area contributed by atoms with Crippen LogP contribution in [0.15, 0.2) is 47.0 Å². The number of aromatic nitrogens is 5. The first kappa shape index (κ1) is 22.9. The first-order valence-corrected chi connectivity index (χ1v) is 11.8. The van der Waals surface area contributed by atoms with Crippen LogP contribution in [0.1, 0.15) is 41.8 Å². The third-order valence-electron chi connectivity index (χ3n) is 6.75. The Kier molecular flexibility index (Phi) is 6.02. The molecule has 0 unspecified atom stereocenters. The number of rotatable bonds is 6. The van der Waals surface area contributed by atoms with Crippen molar-refractivity contribution >= 4 is 0 Å². The van der Waals surface area contributed by atoms with Crippen molar-refractivity contribution in [1.29, 1.82) is 0 Å². The van der Waals surface area contributed by atoms with E-state index in [9.17, 15) is 13.2 Å². The molecule has 36 heavy (non-hydrogen) atoms. The summed E-state index contributed by atoms with van der Waals surface area (Å²) < 4.78 is 52.1. The van der Waals surface area contributed by atoms with E-state index in [1.807, 2.05) is 6.07 Å². The third kappa shape index (κ3) is 4.51. The van der Waals surface area contributed by atoms with Gasteiger partial charge in [-0.25, -0.2) is 9.07 Å². The van der Waals surface area contributed by atoms with E-state index in [1.54, 1.807) is 23.0 Å². The molecule has 2 aromatic heterocycles. The highest BCUT2D eigenvalue weighted by atomic mass is 19.3. The van der Waals surface area contributed by atoms with E-state index in [1.165, 1.54) is 17.2 Å². The molecule has 2 aromatic carbocycles. The number of halogens is 3. The van der Waals surface area contributed by atoms with Gasteiger partial charge in [-0.1, -0.05) is 23.4 Å². The minimum atomic E-state index is -2.88. The molecule has 2 aliphatic rings. The Morgan fingerprint density at radius 2 is 1.75 bits per heavy atom. The van der Waals surface area contributed by atoms with Gasteiger partial charge in [0.05, 0.1) is 12.7 Å². The summed E-state index contributed by atoms with van der Waals surface area (Å²) in [7, 11) is 0. The van der Waals surface area contributed by atoms with Gasteiger partial charge in [0.2, 0.25) is 5.89 Å². The Morgan fingerprint density at radius 3 is 2.53 bits per heavy atom. The van der Waals surface area contributed by atoms with Crippen LogP contribution in [0, 0.1) is 5.82 Å². The predicted molar refractivity (Wildman–Crippen MR) is 122 cm³/mol. The largest absolute Gasteiger partial charge is 0.415 e. The molecule has 2 aliphatic heterocycles. The second-order valence-corrected chi connectivity index (χ2v) is 9.09. The zero-order chi connectivity index (χ0) is 24.6. The molecule has 0 bridgehead atoms. The maximum absolute atomic E-state index is 14.7. The highest BCUT2D eigenvalue weighted by molar-refractivity contribution is 5.60. The summed E-state index contributed by atoms with van der Waals surface area (Å²) in [5, 5.41) is 15.3. The lowest BCUT2D eigenvalue weighted by Crippen LogP contribution is -2.35. The van der Waals surface area contributed by atoms with E-state index in [0.717, 1.165) is 44.7 Å². The summed E-state index contributed by atoms with van der Waals surface area (Å²) in [5.74, 6) is -1.50. The minimum Gasteiger partial charge on any atom is -0.415 e. The van der Waals surface area contributed by atoms with Gasteiger partial charge >= 0.3 is 6.43 Å². The van der Waals surface area contributed by atoms with E-state index >= 15 is 0 Å². The van der Waals surface area contributed by atoms with Crippen molar-refractivity contribution in [2.24, 2.45) is 0 Å². The van der Waals surface area contributed by atoms with Crippen molar-refractivity contribution in [3.8, 4) is 22.7 Å². The van der Waals surface area contributed by atoms with Gasteiger partial charge < -0.3 is 9.15 Å². The number of benzene rings is 2. The first-order valence-electron chi connectivity index (χ1n) is 11.8. The number of nitrogens with zero attached hydrogens (tertiary/aromatic N) is 6. The summed E-state index contributed by atoms with van der Waals surface area (Å²) in [6, 6.07) is 11.2. The lowest BCUT2D eigenvalue weighted by atomic mass is 10.0. The molecular weight excluding hydrogens is 473 g/mol.